The molecule has 3 aromatic carbocycles. The molecule has 4 aromatic rings. The van der Waals surface area contributed by atoms with Crippen LogP contribution in [-0.4, -0.2) is 25.6 Å². The van der Waals surface area contributed by atoms with Crippen molar-refractivity contribution in [2.24, 2.45) is 0 Å². The van der Waals surface area contributed by atoms with Crippen molar-refractivity contribution in [1.29, 1.82) is 0 Å². The van der Waals surface area contributed by atoms with E-state index in [0.29, 0.717) is 41.8 Å². The predicted octanol–water partition coefficient (Wildman–Crippen LogP) is 6.32. The second kappa shape index (κ2) is 10.5. The summed E-state index contributed by atoms with van der Waals surface area (Å²) in [6, 6.07) is 20.5. The molecule has 1 heterocycles. The highest BCUT2D eigenvalue weighted by Gasteiger charge is 2.10. The highest BCUT2D eigenvalue weighted by molar-refractivity contribution is 6.07. The van der Waals surface area contributed by atoms with Crippen LogP contribution in [0.3, 0.4) is 0 Å². The maximum atomic E-state index is 13.0. The third-order valence-electron chi connectivity index (χ3n) is 4.79. The lowest BCUT2D eigenvalue weighted by Gasteiger charge is -2.13. The summed E-state index contributed by atoms with van der Waals surface area (Å²) < 4.78 is 35.6. The van der Waals surface area contributed by atoms with E-state index in [9.17, 15) is 9.18 Å². The lowest BCUT2D eigenvalue weighted by molar-refractivity contribution is 0.102. The molecule has 0 aliphatic rings. The Labute approximate surface area is 191 Å². The molecule has 0 spiro atoms. The second-order valence-corrected chi connectivity index (χ2v) is 7.14. The minimum absolute atomic E-state index is 0.220. The summed E-state index contributed by atoms with van der Waals surface area (Å²) in [4.78, 5) is 12.5. The molecule has 0 fully saturated rings. The fourth-order valence-corrected chi connectivity index (χ4v) is 3.22. The van der Waals surface area contributed by atoms with Gasteiger partial charge >= 0.3 is 0 Å². The van der Waals surface area contributed by atoms with Crippen LogP contribution in [0.25, 0.3) is 17.0 Å². The van der Waals surface area contributed by atoms with E-state index < -0.39 is 0 Å². The number of carbonyl (C=O) groups excluding carboxylic acids is 1. The van der Waals surface area contributed by atoms with Crippen LogP contribution in [0.15, 0.2) is 83.3 Å². The monoisotopic (exact) mass is 446 g/mol. The van der Waals surface area contributed by atoms with Crippen molar-refractivity contribution in [2.45, 2.75) is 6.92 Å². The van der Waals surface area contributed by atoms with Crippen molar-refractivity contribution in [3.63, 3.8) is 0 Å². The van der Waals surface area contributed by atoms with E-state index in [4.69, 9.17) is 18.6 Å². The van der Waals surface area contributed by atoms with Gasteiger partial charge in [-0.05, 0) is 67.1 Å². The average Bonchev–Trinajstić information content (AvgIpc) is 3.27. The van der Waals surface area contributed by atoms with Gasteiger partial charge in [-0.2, -0.15) is 0 Å². The van der Waals surface area contributed by atoms with Gasteiger partial charge in [-0.25, -0.2) is 4.39 Å². The molecule has 0 bridgehead atoms. The molecular formula is C27H23FO5. The standard InChI is InChI=1S/C27H23FO5/c1-2-30-27-17-19(7-13-23(29)26-18-20-5-3-4-6-24(20)33-26)8-14-25(27)32-16-15-31-22-11-9-21(28)10-12-22/h3-14,17-18H,2,15-16H2,1H3/b13-7+. The lowest BCUT2D eigenvalue weighted by Crippen LogP contribution is -2.10. The summed E-state index contributed by atoms with van der Waals surface area (Å²) in [5, 5.41) is 0.887. The first-order valence-electron chi connectivity index (χ1n) is 10.6. The molecule has 0 atom stereocenters. The summed E-state index contributed by atoms with van der Waals surface area (Å²) in [6.07, 6.45) is 3.18. The fraction of sp³-hybridized carbons (Fsp3) is 0.148. The topological polar surface area (TPSA) is 57.9 Å². The molecule has 0 unspecified atom stereocenters. The van der Waals surface area contributed by atoms with Crippen LogP contribution < -0.4 is 14.2 Å². The summed E-state index contributed by atoms with van der Waals surface area (Å²) in [6.45, 7) is 2.94. The smallest absolute Gasteiger partial charge is 0.221 e. The number of hydrogen-bond donors (Lipinski definition) is 0. The number of carbonyl (C=O) groups is 1. The largest absolute Gasteiger partial charge is 0.490 e. The van der Waals surface area contributed by atoms with Crippen LogP contribution in [-0.2, 0) is 0 Å². The van der Waals surface area contributed by atoms with Gasteiger partial charge in [-0.15, -0.1) is 0 Å². The zero-order valence-electron chi connectivity index (χ0n) is 18.1. The maximum absolute atomic E-state index is 13.0. The van der Waals surface area contributed by atoms with Crippen molar-refractivity contribution in [3.05, 3.63) is 96.0 Å². The fourth-order valence-electron chi connectivity index (χ4n) is 3.22. The van der Waals surface area contributed by atoms with Crippen molar-refractivity contribution in [3.8, 4) is 17.2 Å². The summed E-state index contributed by atoms with van der Waals surface area (Å²) in [5.41, 5.74) is 1.47. The Kier molecular flexibility index (Phi) is 7.05. The molecule has 0 saturated heterocycles. The first kappa shape index (κ1) is 22.1. The molecule has 5 nitrogen and oxygen atoms in total. The normalized spacial score (nSPS) is 11.1. The maximum Gasteiger partial charge on any atom is 0.221 e. The number of rotatable bonds is 10. The van der Waals surface area contributed by atoms with E-state index in [0.717, 1.165) is 10.9 Å². The minimum atomic E-state index is -0.312. The van der Waals surface area contributed by atoms with E-state index in [2.05, 4.69) is 0 Å². The van der Waals surface area contributed by atoms with Crippen molar-refractivity contribution in [1.82, 2.24) is 0 Å². The zero-order valence-corrected chi connectivity index (χ0v) is 18.1. The molecule has 0 radical (unpaired) electrons. The number of furan rings is 1. The SMILES string of the molecule is CCOc1cc(/C=C/C(=O)c2cc3ccccc3o2)ccc1OCCOc1ccc(F)cc1. The third-order valence-corrected chi connectivity index (χ3v) is 4.79. The van der Waals surface area contributed by atoms with Gasteiger partial charge in [0.25, 0.3) is 0 Å². The molecular weight excluding hydrogens is 423 g/mol. The van der Waals surface area contributed by atoms with Gasteiger partial charge in [-0.3, -0.25) is 4.79 Å². The number of hydrogen-bond acceptors (Lipinski definition) is 5. The van der Waals surface area contributed by atoms with Crippen molar-refractivity contribution < 1.29 is 27.8 Å². The Balaban J connectivity index is 1.38. The lowest BCUT2D eigenvalue weighted by atomic mass is 10.1. The molecule has 0 aliphatic carbocycles. The number of ether oxygens (including phenoxy) is 3. The number of ketones is 1. The Morgan fingerprint density at radius 1 is 0.909 bits per heavy atom. The molecule has 168 valence electrons. The molecule has 33 heavy (non-hydrogen) atoms. The number of halogens is 1. The molecule has 1 aromatic heterocycles. The predicted molar refractivity (Wildman–Crippen MR) is 125 cm³/mol. The quantitative estimate of drug-likeness (QED) is 0.162. The summed E-state index contributed by atoms with van der Waals surface area (Å²) in [7, 11) is 0. The van der Waals surface area contributed by atoms with Crippen LogP contribution in [0.4, 0.5) is 4.39 Å². The number of fused-ring (bicyclic) bond motifs is 1. The minimum Gasteiger partial charge on any atom is -0.490 e. The number of benzene rings is 3. The average molecular weight is 446 g/mol. The zero-order chi connectivity index (χ0) is 23.0. The second-order valence-electron chi connectivity index (χ2n) is 7.14. The molecule has 6 heteroatoms. The van der Waals surface area contributed by atoms with E-state index in [1.807, 2.05) is 43.3 Å². The Hall–Kier alpha value is -4.06. The van der Waals surface area contributed by atoms with Gasteiger partial charge in [0.15, 0.2) is 17.3 Å². The highest BCUT2D eigenvalue weighted by Crippen LogP contribution is 2.29. The van der Waals surface area contributed by atoms with E-state index >= 15 is 0 Å². The highest BCUT2D eigenvalue weighted by atomic mass is 19.1. The van der Waals surface area contributed by atoms with E-state index in [-0.39, 0.29) is 18.2 Å². The third kappa shape index (κ3) is 5.80. The Bertz CT molecular complexity index is 1220. The first-order chi connectivity index (χ1) is 16.1. The van der Waals surface area contributed by atoms with E-state index in [1.165, 1.54) is 18.2 Å². The van der Waals surface area contributed by atoms with Crippen LogP contribution in [0.5, 0.6) is 17.2 Å². The van der Waals surface area contributed by atoms with Gasteiger partial charge in [0.2, 0.25) is 5.78 Å². The van der Waals surface area contributed by atoms with Crippen LogP contribution in [0, 0.1) is 5.82 Å². The van der Waals surface area contributed by atoms with Crippen LogP contribution >= 0.6 is 0 Å². The summed E-state index contributed by atoms with van der Waals surface area (Å²) in [5.74, 6) is 1.46. The van der Waals surface area contributed by atoms with Gasteiger partial charge in [0.05, 0.1) is 6.61 Å². The van der Waals surface area contributed by atoms with Crippen LogP contribution in [0.2, 0.25) is 0 Å². The number of allylic oxidation sites excluding steroid dienone is 1. The Morgan fingerprint density at radius 3 is 2.48 bits per heavy atom. The van der Waals surface area contributed by atoms with Crippen molar-refractivity contribution in [2.75, 3.05) is 19.8 Å². The number of para-hydroxylation sites is 1. The van der Waals surface area contributed by atoms with Gasteiger partial charge < -0.3 is 18.6 Å². The Morgan fingerprint density at radius 2 is 1.70 bits per heavy atom. The molecule has 0 N–H and O–H groups in total. The van der Waals surface area contributed by atoms with Gasteiger partial charge in [0, 0.05) is 5.39 Å². The van der Waals surface area contributed by atoms with Crippen LogP contribution in [0.1, 0.15) is 23.0 Å². The van der Waals surface area contributed by atoms with E-state index in [1.54, 1.807) is 30.3 Å². The van der Waals surface area contributed by atoms with Gasteiger partial charge in [-0.1, -0.05) is 30.3 Å². The molecule has 4 rings (SSSR count). The molecule has 0 amide bonds. The first-order valence-corrected chi connectivity index (χ1v) is 10.6. The van der Waals surface area contributed by atoms with Gasteiger partial charge in [0.1, 0.15) is 30.4 Å². The molecule has 0 aliphatic heterocycles. The molecule has 0 saturated carbocycles. The van der Waals surface area contributed by atoms with Crippen molar-refractivity contribution >= 4 is 22.8 Å². The summed E-state index contributed by atoms with van der Waals surface area (Å²) >= 11 is 0.